The van der Waals surface area contributed by atoms with Crippen LogP contribution in [0.2, 0.25) is 0 Å². The van der Waals surface area contributed by atoms with Crippen LogP contribution in [-0.2, 0) is 12.8 Å². The molecule has 2 aromatic heterocycles. The largest absolute Gasteiger partial charge is 0.314 e. The molecule has 2 heterocycles. The van der Waals surface area contributed by atoms with Crippen LogP contribution in [0.5, 0.6) is 0 Å². The summed E-state index contributed by atoms with van der Waals surface area (Å²) in [6, 6.07) is 4.71. The van der Waals surface area contributed by atoms with E-state index in [1.165, 1.54) is 17.0 Å². The molecule has 1 unspecified atom stereocenters. The first kappa shape index (κ1) is 15.1. The van der Waals surface area contributed by atoms with Crippen LogP contribution in [0.4, 0.5) is 0 Å². The lowest BCUT2D eigenvalue weighted by atomic mass is 10.0. The first-order valence-corrected chi connectivity index (χ1v) is 8.19. The third-order valence-electron chi connectivity index (χ3n) is 3.30. The van der Waals surface area contributed by atoms with E-state index in [-0.39, 0.29) is 0 Å². The molecular weight excluding hydrogens is 266 g/mol. The van der Waals surface area contributed by atoms with Crippen LogP contribution in [0, 0.1) is 6.92 Å². The van der Waals surface area contributed by atoms with Crippen molar-refractivity contribution in [2.24, 2.45) is 0 Å². The highest BCUT2D eigenvalue weighted by Gasteiger charge is 2.11. The maximum atomic E-state index is 4.58. The lowest BCUT2D eigenvalue weighted by Crippen LogP contribution is -2.32. The summed E-state index contributed by atoms with van der Waals surface area (Å²) in [5.74, 6) is 0. The van der Waals surface area contributed by atoms with Crippen LogP contribution < -0.4 is 5.32 Å². The van der Waals surface area contributed by atoms with Crippen LogP contribution in [0.15, 0.2) is 29.9 Å². The zero-order valence-electron chi connectivity index (χ0n) is 12.3. The van der Waals surface area contributed by atoms with Gasteiger partial charge in [0.15, 0.2) is 0 Å². The molecule has 0 aromatic carbocycles. The van der Waals surface area contributed by atoms with E-state index >= 15 is 0 Å². The first-order valence-electron chi connectivity index (χ1n) is 7.31. The van der Waals surface area contributed by atoms with Gasteiger partial charge in [-0.3, -0.25) is 4.98 Å². The molecule has 1 atom stereocenters. The average molecular weight is 289 g/mol. The van der Waals surface area contributed by atoms with Gasteiger partial charge in [-0.25, -0.2) is 4.98 Å². The second-order valence-electron chi connectivity index (χ2n) is 5.13. The zero-order valence-corrected chi connectivity index (χ0v) is 13.1. The number of pyridine rings is 1. The Kier molecular flexibility index (Phi) is 6.15. The zero-order chi connectivity index (χ0) is 14.2. The standard InChI is InChI=1S/C16H23N3S/c1-3-8-18-15(11-16-19-13(2)12-20-16)5-4-14-6-9-17-10-7-14/h6-7,9-10,12,15,18H,3-5,8,11H2,1-2H3. The summed E-state index contributed by atoms with van der Waals surface area (Å²) < 4.78 is 0. The molecule has 0 fully saturated rings. The average Bonchev–Trinajstić information content (AvgIpc) is 2.88. The molecule has 0 aliphatic rings. The van der Waals surface area contributed by atoms with E-state index in [4.69, 9.17) is 0 Å². The smallest absolute Gasteiger partial charge is 0.0943 e. The molecule has 1 N–H and O–H groups in total. The van der Waals surface area contributed by atoms with Gasteiger partial charge in [0.25, 0.3) is 0 Å². The van der Waals surface area contributed by atoms with Gasteiger partial charge in [0.1, 0.15) is 0 Å². The van der Waals surface area contributed by atoms with Crippen LogP contribution in [0.3, 0.4) is 0 Å². The third kappa shape index (κ3) is 5.02. The van der Waals surface area contributed by atoms with Gasteiger partial charge in [0.2, 0.25) is 0 Å². The van der Waals surface area contributed by atoms with E-state index in [2.05, 4.69) is 46.6 Å². The van der Waals surface area contributed by atoms with Crippen LogP contribution in [0.1, 0.15) is 36.0 Å². The van der Waals surface area contributed by atoms with Crippen molar-refractivity contribution >= 4 is 11.3 Å². The Balaban J connectivity index is 1.89. The molecule has 0 aliphatic carbocycles. The maximum absolute atomic E-state index is 4.58. The highest BCUT2D eigenvalue weighted by atomic mass is 32.1. The van der Waals surface area contributed by atoms with Gasteiger partial charge in [-0.15, -0.1) is 11.3 Å². The Morgan fingerprint density at radius 2 is 2.10 bits per heavy atom. The van der Waals surface area contributed by atoms with Gasteiger partial charge in [-0.05, 0) is 50.4 Å². The predicted molar refractivity (Wildman–Crippen MR) is 85.2 cm³/mol. The van der Waals surface area contributed by atoms with Gasteiger partial charge in [-0.2, -0.15) is 0 Å². The van der Waals surface area contributed by atoms with E-state index in [1.54, 1.807) is 11.3 Å². The molecule has 0 spiro atoms. The molecule has 0 saturated carbocycles. The highest BCUT2D eigenvalue weighted by Crippen LogP contribution is 2.14. The summed E-state index contributed by atoms with van der Waals surface area (Å²) in [6.07, 6.45) is 8.17. The number of thiazole rings is 1. The van der Waals surface area contributed by atoms with Crippen molar-refractivity contribution in [2.75, 3.05) is 6.54 Å². The fraction of sp³-hybridized carbons (Fsp3) is 0.500. The van der Waals surface area contributed by atoms with Gasteiger partial charge in [0.05, 0.1) is 5.01 Å². The molecule has 2 aromatic rings. The number of hydrogen-bond donors (Lipinski definition) is 1. The van der Waals surface area contributed by atoms with E-state index in [9.17, 15) is 0 Å². The number of aromatic nitrogens is 2. The fourth-order valence-electron chi connectivity index (χ4n) is 2.22. The summed E-state index contributed by atoms with van der Waals surface area (Å²) in [4.78, 5) is 8.65. The minimum atomic E-state index is 0.508. The van der Waals surface area contributed by atoms with Gasteiger partial charge >= 0.3 is 0 Å². The topological polar surface area (TPSA) is 37.8 Å². The van der Waals surface area contributed by atoms with Crippen molar-refractivity contribution in [1.82, 2.24) is 15.3 Å². The Morgan fingerprint density at radius 1 is 1.30 bits per heavy atom. The lowest BCUT2D eigenvalue weighted by molar-refractivity contribution is 0.476. The van der Waals surface area contributed by atoms with Gasteiger partial charge in [0, 0.05) is 35.9 Å². The summed E-state index contributed by atoms with van der Waals surface area (Å²) in [5, 5.41) is 7.02. The summed E-state index contributed by atoms with van der Waals surface area (Å²) in [7, 11) is 0. The number of nitrogens with zero attached hydrogens (tertiary/aromatic N) is 2. The van der Waals surface area contributed by atoms with Crippen molar-refractivity contribution < 1.29 is 0 Å². The molecule has 0 amide bonds. The molecular formula is C16H23N3S. The summed E-state index contributed by atoms with van der Waals surface area (Å²) >= 11 is 1.77. The van der Waals surface area contributed by atoms with Crippen molar-refractivity contribution in [3.05, 3.63) is 46.2 Å². The number of hydrogen-bond acceptors (Lipinski definition) is 4. The Labute approximate surface area is 125 Å². The number of nitrogens with one attached hydrogen (secondary N) is 1. The quantitative estimate of drug-likeness (QED) is 0.809. The molecule has 4 heteroatoms. The Bertz CT molecular complexity index is 495. The summed E-state index contributed by atoms with van der Waals surface area (Å²) in [5.41, 5.74) is 2.49. The van der Waals surface area contributed by atoms with Crippen LogP contribution in [0.25, 0.3) is 0 Å². The van der Waals surface area contributed by atoms with Gasteiger partial charge in [-0.1, -0.05) is 6.92 Å². The second kappa shape index (κ2) is 8.12. The van der Waals surface area contributed by atoms with Crippen molar-refractivity contribution in [3.63, 3.8) is 0 Å². The minimum Gasteiger partial charge on any atom is -0.314 e. The molecule has 0 radical (unpaired) electrons. The Hall–Kier alpha value is -1.26. The maximum Gasteiger partial charge on any atom is 0.0943 e. The van der Waals surface area contributed by atoms with E-state index in [0.717, 1.165) is 31.5 Å². The molecule has 20 heavy (non-hydrogen) atoms. The fourth-order valence-corrected chi connectivity index (χ4v) is 3.08. The van der Waals surface area contributed by atoms with Crippen molar-refractivity contribution in [3.8, 4) is 0 Å². The minimum absolute atomic E-state index is 0.508. The molecule has 108 valence electrons. The Morgan fingerprint density at radius 3 is 2.75 bits per heavy atom. The SMILES string of the molecule is CCCNC(CCc1ccncc1)Cc1nc(C)cs1. The monoisotopic (exact) mass is 289 g/mol. The van der Waals surface area contributed by atoms with E-state index in [1.807, 2.05) is 12.4 Å². The van der Waals surface area contributed by atoms with Gasteiger partial charge < -0.3 is 5.32 Å². The van der Waals surface area contributed by atoms with E-state index in [0.29, 0.717) is 6.04 Å². The second-order valence-corrected chi connectivity index (χ2v) is 6.07. The third-order valence-corrected chi connectivity index (χ3v) is 4.29. The molecule has 2 rings (SSSR count). The van der Waals surface area contributed by atoms with Crippen molar-refractivity contribution in [1.29, 1.82) is 0 Å². The van der Waals surface area contributed by atoms with E-state index < -0.39 is 0 Å². The molecule has 0 saturated heterocycles. The van der Waals surface area contributed by atoms with Crippen LogP contribution >= 0.6 is 11.3 Å². The first-order chi connectivity index (χ1) is 9.78. The lowest BCUT2D eigenvalue weighted by Gasteiger charge is -2.17. The van der Waals surface area contributed by atoms with Crippen molar-refractivity contribution in [2.45, 2.75) is 45.6 Å². The highest BCUT2D eigenvalue weighted by molar-refractivity contribution is 7.09. The van der Waals surface area contributed by atoms with Crippen LogP contribution in [-0.4, -0.2) is 22.6 Å². The molecule has 0 aliphatic heterocycles. The molecule has 0 bridgehead atoms. The number of rotatable bonds is 8. The predicted octanol–water partition coefficient (Wildman–Crippen LogP) is 3.39. The normalized spacial score (nSPS) is 12.5. The summed E-state index contributed by atoms with van der Waals surface area (Å²) in [6.45, 7) is 5.34. The number of aryl methyl sites for hydroxylation is 2. The molecule has 3 nitrogen and oxygen atoms in total.